The van der Waals surface area contributed by atoms with Crippen molar-refractivity contribution in [1.29, 1.82) is 5.26 Å². The lowest BCUT2D eigenvalue weighted by molar-refractivity contribution is -0.144. The quantitative estimate of drug-likeness (QED) is 0.770. The Morgan fingerprint density at radius 3 is 2.39 bits per heavy atom. The van der Waals surface area contributed by atoms with Gasteiger partial charge in [0.25, 0.3) is 0 Å². The topological polar surface area (TPSA) is 53.3 Å². The van der Waals surface area contributed by atoms with Crippen LogP contribution in [0.1, 0.15) is 40.0 Å². The first-order valence-electron chi connectivity index (χ1n) is 6.69. The molecule has 0 aromatic carbocycles. The van der Waals surface area contributed by atoms with Crippen LogP contribution < -0.4 is 0 Å². The summed E-state index contributed by atoms with van der Waals surface area (Å²) in [7, 11) is 1.81. The van der Waals surface area contributed by atoms with Crippen LogP contribution in [0.3, 0.4) is 0 Å². The van der Waals surface area contributed by atoms with Gasteiger partial charge in [0, 0.05) is 26.3 Å². The third kappa shape index (κ3) is 3.23. The van der Waals surface area contributed by atoms with Gasteiger partial charge in [0.1, 0.15) is 5.41 Å². The Kier molecular flexibility index (Phi) is 5.15. The molecule has 1 unspecified atom stereocenters. The van der Waals surface area contributed by atoms with Crippen molar-refractivity contribution in [3.8, 4) is 6.07 Å². The Balaban J connectivity index is 2.75. The summed E-state index contributed by atoms with van der Waals surface area (Å²) in [6, 6.07) is 2.41. The van der Waals surface area contributed by atoms with Crippen molar-refractivity contribution in [2.45, 2.75) is 46.1 Å². The number of carbonyl (C=O) groups excluding carboxylic acids is 1. The van der Waals surface area contributed by atoms with Gasteiger partial charge in [0.15, 0.2) is 0 Å². The first-order valence-corrected chi connectivity index (χ1v) is 6.69. The predicted octanol–water partition coefficient (Wildman–Crippen LogP) is 2.20. The second-order valence-corrected chi connectivity index (χ2v) is 5.70. The van der Waals surface area contributed by atoms with Crippen molar-refractivity contribution in [3.05, 3.63) is 0 Å². The minimum atomic E-state index is -0.863. The maximum atomic E-state index is 12.5. The van der Waals surface area contributed by atoms with Gasteiger partial charge in [-0.15, -0.1) is 0 Å². The summed E-state index contributed by atoms with van der Waals surface area (Å²) in [5.74, 6) is 0.504. The summed E-state index contributed by atoms with van der Waals surface area (Å²) >= 11 is 0. The molecule has 0 aromatic heterocycles. The van der Waals surface area contributed by atoms with E-state index in [1.165, 1.54) is 0 Å². The smallest absolute Gasteiger partial charge is 0.243 e. The third-order valence-corrected chi connectivity index (χ3v) is 3.76. The zero-order chi connectivity index (χ0) is 13.8. The summed E-state index contributed by atoms with van der Waals surface area (Å²) in [5.41, 5.74) is -0.863. The highest BCUT2D eigenvalue weighted by atomic mass is 16.5. The molecule has 4 nitrogen and oxygen atoms in total. The number of hydrogen-bond acceptors (Lipinski definition) is 3. The largest absolute Gasteiger partial charge is 0.381 e. The molecule has 1 amide bonds. The molecule has 1 aliphatic rings. The summed E-state index contributed by atoms with van der Waals surface area (Å²) in [4.78, 5) is 14.3. The summed E-state index contributed by atoms with van der Waals surface area (Å²) in [6.07, 6.45) is 1.99. The fraction of sp³-hybridized carbons (Fsp3) is 0.857. The van der Waals surface area contributed by atoms with Gasteiger partial charge in [-0.25, -0.2) is 0 Å². The van der Waals surface area contributed by atoms with E-state index in [9.17, 15) is 10.1 Å². The monoisotopic (exact) mass is 252 g/mol. The molecule has 4 heteroatoms. The molecule has 0 radical (unpaired) electrons. The summed E-state index contributed by atoms with van der Waals surface area (Å²) in [6.45, 7) is 7.34. The number of nitriles is 1. The van der Waals surface area contributed by atoms with Crippen molar-refractivity contribution >= 4 is 5.91 Å². The predicted molar refractivity (Wildman–Crippen MR) is 69.8 cm³/mol. The highest BCUT2D eigenvalue weighted by Crippen LogP contribution is 2.32. The van der Waals surface area contributed by atoms with E-state index in [4.69, 9.17) is 4.74 Å². The van der Waals surface area contributed by atoms with Crippen molar-refractivity contribution in [2.75, 3.05) is 20.3 Å². The second kappa shape index (κ2) is 6.19. The van der Waals surface area contributed by atoms with Gasteiger partial charge in [0.05, 0.1) is 6.07 Å². The number of carbonyl (C=O) groups is 1. The molecule has 102 valence electrons. The molecule has 1 fully saturated rings. The standard InChI is InChI=1S/C14H24N2O2/c1-11(2)9-12(3)16(4)13(17)14(10-15)5-7-18-8-6-14/h11-12H,5-9H2,1-4H3. The minimum Gasteiger partial charge on any atom is -0.381 e. The van der Waals surface area contributed by atoms with Crippen molar-refractivity contribution in [3.63, 3.8) is 0 Å². The van der Waals surface area contributed by atoms with Crippen LogP contribution in [-0.2, 0) is 9.53 Å². The average molecular weight is 252 g/mol. The molecular weight excluding hydrogens is 228 g/mol. The van der Waals surface area contributed by atoms with Gasteiger partial charge in [-0.3, -0.25) is 4.79 Å². The number of amides is 1. The average Bonchev–Trinajstić information content (AvgIpc) is 2.37. The maximum Gasteiger partial charge on any atom is 0.243 e. The molecule has 1 aliphatic heterocycles. The zero-order valence-electron chi connectivity index (χ0n) is 11.9. The Hall–Kier alpha value is -1.08. The molecule has 0 aliphatic carbocycles. The van der Waals surface area contributed by atoms with Crippen LogP contribution in [0.5, 0.6) is 0 Å². The van der Waals surface area contributed by atoms with Crippen LogP contribution in [0.4, 0.5) is 0 Å². The van der Waals surface area contributed by atoms with E-state index in [1.54, 1.807) is 4.90 Å². The van der Waals surface area contributed by atoms with Crippen molar-refractivity contribution < 1.29 is 9.53 Å². The second-order valence-electron chi connectivity index (χ2n) is 5.70. The van der Waals surface area contributed by atoms with Crippen LogP contribution in [0.15, 0.2) is 0 Å². The lowest BCUT2D eigenvalue weighted by Crippen LogP contribution is -2.48. The lowest BCUT2D eigenvalue weighted by atomic mass is 9.80. The molecule has 0 saturated carbocycles. The SMILES string of the molecule is CC(C)CC(C)N(C)C(=O)C1(C#N)CCOCC1. The molecule has 0 aromatic rings. The van der Waals surface area contributed by atoms with Gasteiger partial charge in [-0.2, -0.15) is 5.26 Å². The van der Waals surface area contributed by atoms with Gasteiger partial charge < -0.3 is 9.64 Å². The van der Waals surface area contributed by atoms with Gasteiger partial charge in [-0.1, -0.05) is 13.8 Å². The molecule has 1 heterocycles. The maximum absolute atomic E-state index is 12.5. The highest BCUT2D eigenvalue weighted by Gasteiger charge is 2.43. The van der Waals surface area contributed by atoms with E-state index in [0.717, 1.165) is 6.42 Å². The fourth-order valence-electron chi connectivity index (χ4n) is 2.47. The van der Waals surface area contributed by atoms with Crippen LogP contribution in [-0.4, -0.2) is 37.1 Å². The molecule has 1 atom stereocenters. The van der Waals surface area contributed by atoms with Gasteiger partial charge >= 0.3 is 0 Å². The summed E-state index contributed by atoms with van der Waals surface area (Å²) in [5, 5.41) is 9.37. The van der Waals surface area contributed by atoms with E-state index in [-0.39, 0.29) is 11.9 Å². The minimum absolute atomic E-state index is 0.0403. The molecule has 0 bridgehead atoms. The van der Waals surface area contributed by atoms with Crippen LogP contribution in [0.25, 0.3) is 0 Å². The molecule has 1 rings (SSSR count). The number of ether oxygens (including phenoxy) is 1. The Labute approximate surface area is 110 Å². The zero-order valence-corrected chi connectivity index (χ0v) is 11.9. The molecule has 0 spiro atoms. The Morgan fingerprint density at radius 2 is 1.94 bits per heavy atom. The normalized spacial score (nSPS) is 20.2. The van der Waals surface area contributed by atoms with Crippen LogP contribution in [0, 0.1) is 22.7 Å². The van der Waals surface area contributed by atoms with Gasteiger partial charge in [0.2, 0.25) is 5.91 Å². The van der Waals surface area contributed by atoms with E-state index in [2.05, 4.69) is 19.9 Å². The lowest BCUT2D eigenvalue weighted by Gasteiger charge is -2.36. The van der Waals surface area contributed by atoms with Crippen LogP contribution in [0.2, 0.25) is 0 Å². The Morgan fingerprint density at radius 1 is 1.39 bits per heavy atom. The summed E-state index contributed by atoms with van der Waals surface area (Å²) < 4.78 is 5.26. The Bertz CT molecular complexity index is 327. The molecular formula is C14H24N2O2. The van der Waals surface area contributed by atoms with Crippen LogP contribution >= 0.6 is 0 Å². The van der Waals surface area contributed by atoms with Crippen molar-refractivity contribution in [1.82, 2.24) is 4.90 Å². The van der Waals surface area contributed by atoms with E-state index in [1.807, 2.05) is 14.0 Å². The molecule has 1 saturated heterocycles. The number of nitrogens with zero attached hydrogens (tertiary/aromatic N) is 2. The first kappa shape index (κ1) is 15.0. The van der Waals surface area contributed by atoms with Gasteiger partial charge in [-0.05, 0) is 32.1 Å². The van der Waals surface area contributed by atoms with E-state index < -0.39 is 5.41 Å². The first-order chi connectivity index (χ1) is 8.43. The third-order valence-electron chi connectivity index (χ3n) is 3.76. The fourth-order valence-corrected chi connectivity index (χ4v) is 2.47. The van der Waals surface area contributed by atoms with Crippen molar-refractivity contribution in [2.24, 2.45) is 11.3 Å². The van der Waals surface area contributed by atoms with E-state index in [0.29, 0.717) is 32.0 Å². The van der Waals surface area contributed by atoms with E-state index >= 15 is 0 Å². The number of hydrogen-bond donors (Lipinski definition) is 0. The molecule has 0 N–H and O–H groups in total. The number of rotatable bonds is 4. The highest BCUT2D eigenvalue weighted by molar-refractivity contribution is 5.85. The molecule has 18 heavy (non-hydrogen) atoms.